The molecule has 0 amide bonds. The molecule has 0 aliphatic rings. The third-order valence-electron chi connectivity index (χ3n) is 5.53. The number of hydrogen-bond donors (Lipinski definition) is 0. The Morgan fingerprint density at radius 3 is 0.808 bits per heavy atom. The molecular formula is C25H52O. The van der Waals surface area contributed by atoms with Crippen molar-refractivity contribution in [1.29, 1.82) is 0 Å². The van der Waals surface area contributed by atoms with Crippen molar-refractivity contribution >= 4 is 0 Å². The van der Waals surface area contributed by atoms with Gasteiger partial charge in [0, 0.05) is 13.2 Å². The first-order valence-corrected chi connectivity index (χ1v) is 12.5. The summed E-state index contributed by atoms with van der Waals surface area (Å²) in [6, 6.07) is 0. The second kappa shape index (κ2) is 25.0. The fourth-order valence-electron chi connectivity index (χ4n) is 3.66. The van der Waals surface area contributed by atoms with Crippen LogP contribution in [0.5, 0.6) is 0 Å². The zero-order chi connectivity index (χ0) is 19.0. The zero-order valence-corrected chi connectivity index (χ0v) is 18.7. The maximum absolute atomic E-state index is 5.79. The summed E-state index contributed by atoms with van der Waals surface area (Å²) >= 11 is 0. The molecule has 0 aromatic rings. The maximum atomic E-state index is 5.79. The van der Waals surface area contributed by atoms with E-state index in [1.165, 1.54) is 135 Å². The van der Waals surface area contributed by atoms with Crippen molar-refractivity contribution in [2.75, 3.05) is 13.2 Å². The molecule has 0 aliphatic heterocycles. The van der Waals surface area contributed by atoms with Crippen LogP contribution in [0.4, 0.5) is 0 Å². The lowest BCUT2D eigenvalue weighted by Gasteiger charge is -2.05. The molecule has 158 valence electrons. The standard InChI is InChI=1S/C25H52O/c1-3-5-7-9-11-13-15-17-19-21-23-25-26-24-22-20-18-16-14-12-10-8-6-4-2/h3-25H2,1-2H3. The van der Waals surface area contributed by atoms with Gasteiger partial charge >= 0.3 is 0 Å². The van der Waals surface area contributed by atoms with Gasteiger partial charge in [-0.05, 0) is 12.8 Å². The predicted molar refractivity (Wildman–Crippen MR) is 119 cm³/mol. The van der Waals surface area contributed by atoms with Gasteiger partial charge in [0.15, 0.2) is 0 Å². The highest BCUT2D eigenvalue weighted by atomic mass is 16.5. The number of rotatable bonds is 23. The summed E-state index contributed by atoms with van der Waals surface area (Å²) in [4.78, 5) is 0. The van der Waals surface area contributed by atoms with E-state index in [2.05, 4.69) is 13.8 Å². The lowest BCUT2D eigenvalue weighted by molar-refractivity contribution is 0.125. The average Bonchev–Trinajstić information content (AvgIpc) is 2.66. The van der Waals surface area contributed by atoms with Gasteiger partial charge in [0.2, 0.25) is 0 Å². The molecule has 0 heterocycles. The second-order valence-electron chi connectivity index (χ2n) is 8.33. The van der Waals surface area contributed by atoms with Crippen LogP contribution in [0.25, 0.3) is 0 Å². The minimum Gasteiger partial charge on any atom is -0.381 e. The lowest BCUT2D eigenvalue weighted by atomic mass is 10.1. The first-order chi connectivity index (χ1) is 12.9. The van der Waals surface area contributed by atoms with Crippen LogP contribution < -0.4 is 0 Å². The van der Waals surface area contributed by atoms with E-state index in [1.54, 1.807) is 0 Å². The summed E-state index contributed by atoms with van der Waals surface area (Å²) in [5.74, 6) is 0. The Morgan fingerprint density at radius 1 is 0.308 bits per heavy atom. The molecule has 1 nitrogen and oxygen atoms in total. The molecule has 0 rings (SSSR count). The molecular weight excluding hydrogens is 316 g/mol. The summed E-state index contributed by atoms with van der Waals surface area (Å²) in [5, 5.41) is 0. The van der Waals surface area contributed by atoms with E-state index in [1.807, 2.05) is 0 Å². The van der Waals surface area contributed by atoms with E-state index in [9.17, 15) is 0 Å². The van der Waals surface area contributed by atoms with Crippen molar-refractivity contribution in [1.82, 2.24) is 0 Å². The molecule has 0 saturated carbocycles. The first kappa shape index (κ1) is 26.0. The van der Waals surface area contributed by atoms with Gasteiger partial charge in [-0.25, -0.2) is 0 Å². The second-order valence-corrected chi connectivity index (χ2v) is 8.33. The van der Waals surface area contributed by atoms with Crippen molar-refractivity contribution in [3.05, 3.63) is 0 Å². The van der Waals surface area contributed by atoms with Crippen LogP contribution >= 0.6 is 0 Å². The molecule has 0 aromatic heterocycles. The Hall–Kier alpha value is -0.0400. The van der Waals surface area contributed by atoms with E-state index < -0.39 is 0 Å². The highest BCUT2D eigenvalue weighted by Gasteiger charge is 1.95. The molecule has 0 bridgehead atoms. The van der Waals surface area contributed by atoms with Crippen LogP contribution in [0.2, 0.25) is 0 Å². The monoisotopic (exact) mass is 368 g/mol. The van der Waals surface area contributed by atoms with E-state index in [-0.39, 0.29) is 0 Å². The molecule has 0 saturated heterocycles. The van der Waals surface area contributed by atoms with Gasteiger partial charge in [0.05, 0.1) is 0 Å². The van der Waals surface area contributed by atoms with Crippen LogP contribution in [0.3, 0.4) is 0 Å². The van der Waals surface area contributed by atoms with Crippen LogP contribution in [0, 0.1) is 0 Å². The van der Waals surface area contributed by atoms with Crippen LogP contribution in [-0.2, 0) is 4.74 Å². The zero-order valence-electron chi connectivity index (χ0n) is 18.7. The molecule has 0 aromatic carbocycles. The maximum Gasteiger partial charge on any atom is 0.0466 e. The molecule has 26 heavy (non-hydrogen) atoms. The Kier molecular flexibility index (Phi) is 24.9. The minimum atomic E-state index is 0.994. The molecule has 1 heteroatoms. The highest BCUT2D eigenvalue weighted by molar-refractivity contribution is 4.49. The Morgan fingerprint density at radius 2 is 0.538 bits per heavy atom. The van der Waals surface area contributed by atoms with Crippen molar-refractivity contribution < 1.29 is 4.74 Å². The summed E-state index contributed by atoms with van der Waals surface area (Å²) in [5.41, 5.74) is 0. The smallest absolute Gasteiger partial charge is 0.0466 e. The molecule has 0 fully saturated rings. The summed E-state index contributed by atoms with van der Waals surface area (Å²) in [6.07, 6.45) is 29.6. The molecule has 0 atom stereocenters. The average molecular weight is 369 g/mol. The number of ether oxygens (including phenoxy) is 1. The van der Waals surface area contributed by atoms with Gasteiger partial charge in [-0.1, -0.05) is 136 Å². The van der Waals surface area contributed by atoms with Crippen LogP contribution in [-0.4, -0.2) is 13.2 Å². The summed E-state index contributed by atoms with van der Waals surface area (Å²) < 4.78 is 5.79. The SMILES string of the molecule is CCCCCCCCCCCCCOCCCCCCCCCCCC. The van der Waals surface area contributed by atoms with E-state index in [0.29, 0.717) is 0 Å². The highest BCUT2D eigenvalue weighted by Crippen LogP contribution is 2.12. The van der Waals surface area contributed by atoms with Crippen molar-refractivity contribution in [3.8, 4) is 0 Å². The van der Waals surface area contributed by atoms with Gasteiger partial charge < -0.3 is 4.74 Å². The van der Waals surface area contributed by atoms with E-state index in [0.717, 1.165) is 13.2 Å². The quantitative estimate of drug-likeness (QED) is 0.163. The minimum absolute atomic E-state index is 0.994. The van der Waals surface area contributed by atoms with E-state index in [4.69, 9.17) is 4.74 Å². The van der Waals surface area contributed by atoms with Crippen molar-refractivity contribution in [2.45, 2.75) is 149 Å². The Balaban J connectivity index is 2.95. The molecule has 0 aliphatic carbocycles. The fraction of sp³-hybridized carbons (Fsp3) is 1.00. The Labute approximate surface area is 167 Å². The molecule has 0 spiro atoms. The Bertz CT molecular complexity index is 202. The summed E-state index contributed by atoms with van der Waals surface area (Å²) in [6.45, 7) is 6.57. The lowest BCUT2D eigenvalue weighted by Crippen LogP contribution is -1.97. The predicted octanol–water partition coefficient (Wildman–Crippen LogP) is 9.23. The van der Waals surface area contributed by atoms with Gasteiger partial charge in [0.25, 0.3) is 0 Å². The van der Waals surface area contributed by atoms with Gasteiger partial charge in [-0.2, -0.15) is 0 Å². The number of hydrogen-bond acceptors (Lipinski definition) is 1. The molecule has 0 unspecified atom stereocenters. The summed E-state index contributed by atoms with van der Waals surface area (Å²) in [7, 11) is 0. The van der Waals surface area contributed by atoms with Crippen LogP contribution in [0.1, 0.15) is 149 Å². The topological polar surface area (TPSA) is 9.23 Å². The first-order valence-electron chi connectivity index (χ1n) is 12.5. The van der Waals surface area contributed by atoms with Gasteiger partial charge in [-0.3, -0.25) is 0 Å². The third kappa shape index (κ3) is 24.0. The molecule has 0 N–H and O–H groups in total. The van der Waals surface area contributed by atoms with Crippen molar-refractivity contribution in [3.63, 3.8) is 0 Å². The molecule has 0 radical (unpaired) electrons. The number of unbranched alkanes of at least 4 members (excludes halogenated alkanes) is 19. The fourth-order valence-corrected chi connectivity index (χ4v) is 3.66. The van der Waals surface area contributed by atoms with Crippen molar-refractivity contribution in [2.24, 2.45) is 0 Å². The van der Waals surface area contributed by atoms with E-state index >= 15 is 0 Å². The van der Waals surface area contributed by atoms with Gasteiger partial charge in [0.1, 0.15) is 0 Å². The third-order valence-corrected chi connectivity index (χ3v) is 5.53. The van der Waals surface area contributed by atoms with Crippen LogP contribution in [0.15, 0.2) is 0 Å². The van der Waals surface area contributed by atoms with Gasteiger partial charge in [-0.15, -0.1) is 0 Å². The largest absolute Gasteiger partial charge is 0.381 e. The normalized spacial score (nSPS) is 11.3.